The molecule has 1 atom stereocenters. The van der Waals surface area contributed by atoms with Crippen LogP contribution in [0.3, 0.4) is 0 Å². The molecule has 208 valence electrons. The van der Waals surface area contributed by atoms with Gasteiger partial charge in [0.05, 0.1) is 42.8 Å². The smallest absolute Gasteiger partial charge is 0.277 e. The number of fused-ring (bicyclic) bond motifs is 1. The fraction of sp³-hybridized carbons (Fsp3) is 0.310. The molecule has 2 N–H and O–H groups in total. The summed E-state index contributed by atoms with van der Waals surface area (Å²) in [6, 6.07) is 11.1. The predicted octanol–water partition coefficient (Wildman–Crippen LogP) is 5.60. The van der Waals surface area contributed by atoms with Gasteiger partial charge in [0, 0.05) is 23.0 Å². The van der Waals surface area contributed by atoms with Gasteiger partial charge in [-0.3, -0.25) is 9.78 Å². The molecule has 1 aliphatic heterocycles. The Kier molecular flexibility index (Phi) is 6.87. The van der Waals surface area contributed by atoms with Crippen LogP contribution in [0, 0.1) is 5.82 Å². The van der Waals surface area contributed by atoms with Gasteiger partial charge >= 0.3 is 0 Å². The number of halogens is 3. The van der Waals surface area contributed by atoms with Crippen molar-refractivity contribution in [3.63, 3.8) is 0 Å². The fourth-order valence-corrected chi connectivity index (χ4v) is 4.47. The Labute approximate surface area is 229 Å². The Morgan fingerprint density at radius 2 is 1.85 bits per heavy atom. The first-order chi connectivity index (χ1) is 18.9. The van der Waals surface area contributed by atoms with Gasteiger partial charge in [-0.15, -0.1) is 10.2 Å². The van der Waals surface area contributed by atoms with Crippen molar-refractivity contribution in [2.45, 2.75) is 51.1 Å². The van der Waals surface area contributed by atoms with Gasteiger partial charge in [-0.1, -0.05) is 45.0 Å². The maximum atomic E-state index is 15.3. The number of nitrogens with two attached hydrogens (primary N) is 1. The van der Waals surface area contributed by atoms with Crippen LogP contribution in [0.5, 0.6) is 5.75 Å². The normalized spacial score (nSPS) is 16.9. The van der Waals surface area contributed by atoms with Gasteiger partial charge in [0.1, 0.15) is 11.6 Å². The van der Waals surface area contributed by atoms with Crippen molar-refractivity contribution in [3.05, 3.63) is 77.6 Å². The number of aromatic nitrogens is 3. The van der Waals surface area contributed by atoms with Crippen LogP contribution in [0.2, 0.25) is 0 Å². The van der Waals surface area contributed by atoms with E-state index in [4.69, 9.17) is 14.9 Å². The average molecular weight is 552 g/mol. The highest BCUT2D eigenvalue weighted by Crippen LogP contribution is 2.45. The van der Waals surface area contributed by atoms with E-state index in [2.05, 4.69) is 15.2 Å². The number of benzene rings is 2. The second-order valence-corrected chi connectivity index (χ2v) is 10.7. The number of alkyl halides is 2. The number of nitrogens with zero attached hydrogens (tertiary/aromatic N) is 4. The van der Waals surface area contributed by atoms with Crippen LogP contribution < -0.4 is 15.4 Å². The molecule has 0 fully saturated rings. The molecule has 8 nitrogen and oxygen atoms in total. The molecule has 1 amide bonds. The molecule has 0 bridgehead atoms. The van der Waals surface area contributed by atoms with Crippen LogP contribution in [-0.4, -0.2) is 34.2 Å². The lowest BCUT2D eigenvalue weighted by Gasteiger charge is -2.25. The van der Waals surface area contributed by atoms with Gasteiger partial charge in [0.25, 0.3) is 11.8 Å². The van der Waals surface area contributed by atoms with E-state index in [1.54, 1.807) is 31.5 Å². The highest BCUT2D eigenvalue weighted by atomic mass is 19.3. The minimum absolute atomic E-state index is 0.0753. The second-order valence-electron chi connectivity index (χ2n) is 10.7. The summed E-state index contributed by atoms with van der Waals surface area (Å²) >= 11 is 0. The molecule has 2 aromatic carbocycles. The molecule has 11 heteroatoms. The number of anilines is 1. The summed E-state index contributed by atoms with van der Waals surface area (Å²) in [4.78, 5) is 18.8. The number of amides is 1. The first kappa shape index (κ1) is 27.3. The maximum Gasteiger partial charge on any atom is 0.277 e. The standard InChI is InChI=1S/C29H28F3N5O3/c1-28(2,3)27-36-35-25(40-27)19-11-24-20(12-21(19)30)29(31,32)13-22(33)26(38)37(24)15-16-5-7-17(8-6-16)23-10-9-18(39-4)14-34-23/h5-12,14,22H,13,15,33H2,1-4H3. The van der Waals surface area contributed by atoms with Crippen LogP contribution in [0.4, 0.5) is 18.9 Å². The van der Waals surface area contributed by atoms with Gasteiger partial charge < -0.3 is 19.8 Å². The van der Waals surface area contributed by atoms with Crippen LogP contribution in [-0.2, 0) is 22.7 Å². The second kappa shape index (κ2) is 10.1. The zero-order chi connectivity index (χ0) is 28.8. The van der Waals surface area contributed by atoms with Gasteiger partial charge in [-0.2, -0.15) is 0 Å². The van der Waals surface area contributed by atoms with E-state index in [1.165, 1.54) is 0 Å². The monoisotopic (exact) mass is 551 g/mol. The van der Waals surface area contributed by atoms with Gasteiger partial charge in [0.2, 0.25) is 11.8 Å². The SMILES string of the molecule is COc1ccc(-c2ccc(CN3C(=O)C(N)CC(F)(F)c4cc(F)c(-c5nnc(C(C)(C)C)o5)cc43)cc2)nc1. The van der Waals surface area contributed by atoms with Crippen LogP contribution >= 0.6 is 0 Å². The van der Waals surface area contributed by atoms with Crippen molar-refractivity contribution in [3.8, 4) is 28.5 Å². The minimum atomic E-state index is -3.55. The summed E-state index contributed by atoms with van der Waals surface area (Å²) in [5.41, 5.74) is 6.58. The molecular weight excluding hydrogens is 523 g/mol. The summed E-state index contributed by atoms with van der Waals surface area (Å²) in [5, 5.41) is 7.91. The Morgan fingerprint density at radius 1 is 1.12 bits per heavy atom. The van der Waals surface area contributed by atoms with Crippen molar-refractivity contribution in [1.29, 1.82) is 0 Å². The van der Waals surface area contributed by atoms with Crippen LogP contribution in [0.25, 0.3) is 22.7 Å². The van der Waals surface area contributed by atoms with E-state index in [9.17, 15) is 4.79 Å². The van der Waals surface area contributed by atoms with Crippen molar-refractivity contribution < 1.29 is 27.1 Å². The summed E-state index contributed by atoms with van der Waals surface area (Å²) < 4.78 is 56.6. The number of ether oxygens (including phenoxy) is 1. The number of hydrogen-bond acceptors (Lipinski definition) is 7. The van der Waals surface area contributed by atoms with Gasteiger partial charge in [-0.05, 0) is 29.8 Å². The third kappa shape index (κ3) is 5.16. The fourth-order valence-electron chi connectivity index (χ4n) is 4.47. The van der Waals surface area contributed by atoms with Crippen molar-refractivity contribution in [2.24, 2.45) is 5.73 Å². The highest BCUT2D eigenvalue weighted by Gasteiger charge is 2.45. The molecule has 4 aromatic rings. The summed E-state index contributed by atoms with van der Waals surface area (Å²) in [6.45, 7) is 5.45. The molecule has 3 heterocycles. The molecular formula is C29H28F3N5O3. The predicted molar refractivity (Wildman–Crippen MR) is 142 cm³/mol. The molecule has 40 heavy (non-hydrogen) atoms. The topological polar surface area (TPSA) is 107 Å². The zero-order valence-electron chi connectivity index (χ0n) is 22.4. The number of carbonyl (C=O) groups is 1. The Bertz CT molecular complexity index is 1550. The lowest BCUT2D eigenvalue weighted by Crippen LogP contribution is -2.43. The van der Waals surface area contributed by atoms with Crippen molar-refractivity contribution >= 4 is 11.6 Å². The minimum Gasteiger partial charge on any atom is -0.495 e. The third-order valence-corrected chi connectivity index (χ3v) is 6.69. The summed E-state index contributed by atoms with van der Waals surface area (Å²) in [6.07, 6.45) is 0.646. The maximum absolute atomic E-state index is 15.3. The zero-order valence-corrected chi connectivity index (χ0v) is 22.4. The van der Waals surface area contributed by atoms with Gasteiger partial charge in [0.15, 0.2) is 0 Å². The van der Waals surface area contributed by atoms with E-state index in [1.807, 2.05) is 39.0 Å². The number of pyridine rings is 1. The number of carbonyl (C=O) groups excluding carboxylic acids is 1. The van der Waals surface area contributed by atoms with Crippen molar-refractivity contribution in [1.82, 2.24) is 15.2 Å². The summed E-state index contributed by atoms with van der Waals surface area (Å²) in [5.74, 6) is -4.53. The van der Waals surface area contributed by atoms with E-state index in [-0.39, 0.29) is 29.6 Å². The largest absolute Gasteiger partial charge is 0.495 e. The highest BCUT2D eigenvalue weighted by molar-refractivity contribution is 5.99. The number of methoxy groups -OCH3 is 1. The number of rotatable bonds is 5. The molecule has 1 aliphatic rings. The molecule has 5 rings (SSSR count). The first-order valence-electron chi connectivity index (χ1n) is 12.6. The Balaban J connectivity index is 1.54. The molecule has 0 saturated heterocycles. The van der Waals surface area contributed by atoms with E-state index in [0.717, 1.165) is 22.6 Å². The Hall–Kier alpha value is -4.25. The lowest BCUT2D eigenvalue weighted by molar-refractivity contribution is -0.122. The first-order valence-corrected chi connectivity index (χ1v) is 12.6. The Morgan fingerprint density at radius 3 is 2.45 bits per heavy atom. The van der Waals surface area contributed by atoms with Crippen LogP contribution in [0.15, 0.2) is 59.1 Å². The quantitative estimate of drug-likeness (QED) is 0.344. The molecule has 0 aliphatic carbocycles. The average Bonchev–Trinajstić information content (AvgIpc) is 3.40. The molecule has 0 spiro atoms. The molecule has 0 saturated carbocycles. The molecule has 0 radical (unpaired) electrons. The lowest BCUT2D eigenvalue weighted by atomic mass is 9.97. The van der Waals surface area contributed by atoms with Crippen LogP contribution in [0.1, 0.15) is 44.2 Å². The third-order valence-electron chi connectivity index (χ3n) is 6.69. The van der Waals surface area contributed by atoms with E-state index in [0.29, 0.717) is 17.0 Å². The van der Waals surface area contributed by atoms with Crippen molar-refractivity contribution in [2.75, 3.05) is 12.0 Å². The van der Waals surface area contributed by atoms with Gasteiger partial charge in [-0.25, -0.2) is 13.2 Å². The molecule has 1 unspecified atom stereocenters. The molecule has 2 aromatic heterocycles. The summed E-state index contributed by atoms with van der Waals surface area (Å²) in [7, 11) is 1.55. The number of hydrogen-bond donors (Lipinski definition) is 1. The van der Waals surface area contributed by atoms with E-state index < -0.39 is 41.1 Å². The van der Waals surface area contributed by atoms with E-state index >= 15 is 13.2 Å².